The van der Waals surface area contributed by atoms with E-state index in [1.807, 2.05) is 6.92 Å². The molecule has 2 saturated heterocycles. The Morgan fingerprint density at radius 3 is 2.21 bits per heavy atom. The maximum atomic E-state index is 14.2. The molecule has 0 bridgehead atoms. The lowest BCUT2D eigenvalue weighted by Crippen LogP contribution is -2.53. The lowest BCUT2D eigenvalue weighted by Gasteiger charge is -2.34. The van der Waals surface area contributed by atoms with Gasteiger partial charge in [0.15, 0.2) is 0 Å². The molecule has 2 aliphatic heterocycles. The van der Waals surface area contributed by atoms with Crippen molar-refractivity contribution in [3.63, 3.8) is 0 Å². The summed E-state index contributed by atoms with van der Waals surface area (Å²) in [6.07, 6.45) is -1.70. The number of nitrogens with zero attached hydrogens (tertiary/aromatic N) is 3. The number of β-amino-alcohol motifs (C(OH)–C–C–N with tert-alkyl or cyclic N) is 1. The van der Waals surface area contributed by atoms with E-state index in [2.05, 4.69) is 0 Å². The largest absolute Gasteiger partial charge is 0.458 e. The highest BCUT2D eigenvalue weighted by Gasteiger charge is 2.47. The number of sulfonamides is 1. The van der Waals surface area contributed by atoms with Crippen molar-refractivity contribution in [3.05, 3.63) is 54.1 Å². The van der Waals surface area contributed by atoms with Gasteiger partial charge in [0.2, 0.25) is 15.9 Å². The fourth-order valence-corrected chi connectivity index (χ4v) is 7.43. The molecule has 2 aromatic rings. The predicted octanol–water partition coefficient (Wildman–Crippen LogP) is 3.43. The number of anilines is 1. The second kappa shape index (κ2) is 13.2. The molecule has 2 aromatic carbocycles. The highest BCUT2D eigenvalue weighted by Crippen LogP contribution is 2.31. The zero-order chi connectivity index (χ0) is 31.5. The Morgan fingerprint density at radius 2 is 1.63 bits per heavy atom. The Balaban J connectivity index is 1.65. The Morgan fingerprint density at radius 1 is 1.02 bits per heavy atom. The molecule has 4 rings (SSSR count). The minimum atomic E-state index is -4.16. The fraction of sp³-hybridized carbons (Fsp3) is 0.500. The second-order valence-corrected chi connectivity index (χ2v) is 14.8. The third-order valence-electron chi connectivity index (χ3n) is 7.11. The van der Waals surface area contributed by atoms with Crippen LogP contribution in [0.2, 0.25) is 0 Å². The van der Waals surface area contributed by atoms with Crippen molar-refractivity contribution >= 4 is 45.4 Å². The van der Waals surface area contributed by atoms with Gasteiger partial charge < -0.3 is 19.5 Å². The number of thioether (sulfide) groups is 1. The van der Waals surface area contributed by atoms with Gasteiger partial charge in [0.05, 0.1) is 11.0 Å². The van der Waals surface area contributed by atoms with Crippen molar-refractivity contribution in [1.82, 2.24) is 9.21 Å². The van der Waals surface area contributed by atoms with Crippen molar-refractivity contribution in [2.75, 3.05) is 36.0 Å². The average molecular weight is 634 g/mol. The molecule has 3 atom stereocenters. The van der Waals surface area contributed by atoms with Gasteiger partial charge in [0.25, 0.3) is 0 Å². The van der Waals surface area contributed by atoms with Gasteiger partial charge in [-0.3, -0.25) is 9.69 Å². The molecule has 2 heterocycles. The third kappa shape index (κ3) is 7.88. The maximum Gasteiger partial charge on any atom is 0.415 e. The molecular formula is C30H39N3O8S2. The summed E-state index contributed by atoms with van der Waals surface area (Å²) >= 11 is 1.77. The van der Waals surface area contributed by atoms with Gasteiger partial charge in [-0.05, 0) is 71.0 Å². The van der Waals surface area contributed by atoms with Gasteiger partial charge in [0.1, 0.15) is 23.4 Å². The van der Waals surface area contributed by atoms with Crippen LogP contribution in [-0.4, -0.2) is 95.6 Å². The number of aliphatic hydroxyl groups is 1. The number of aliphatic hydroxyl groups excluding tert-OH is 1. The van der Waals surface area contributed by atoms with E-state index >= 15 is 0 Å². The number of hydrogen-bond donors (Lipinski definition) is 1. The van der Waals surface area contributed by atoms with Crippen LogP contribution >= 0.6 is 11.8 Å². The van der Waals surface area contributed by atoms with Crippen LogP contribution in [0, 0.1) is 6.92 Å². The van der Waals surface area contributed by atoms with E-state index in [9.17, 15) is 27.9 Å². The van der Waals surface area contributed by atoms with Crippen molar-refractivity contribution < 1.29 is 37.4 Å². The van der Waals surface area contributed by atoms with E-state index in [1.165, 1.54) is 48.2 Å². The van der Waals surface area contributed by atoms with Crippen LogP contribution in [0.5, 0.6) is 5.75 Å². The summed E-state index contributed by atoms with van der Waals surface area (Å²) in [5.74, 6) is 0.538. The Labute approximate surface area is 257 Å². The quantitative estimate of drug-likeness (QED) is 0.455. The molecule has 13 heteroatoms. The van der Waals surface area contributed by atoms with Gasteiger partial charge in [-0.1, -0.05) is 17.7 Å². The number of carbonyl (C=O) groups excluding carboxylic acids is 3. The smallest absolute Gasteiger partial charge is 0.415 e. The molecule has 2 aliphatic rings. The molecule has 0 aliphatic carbocycles. The van der Waals surface area contributed by atoms with Crippen molar-refractivity contribution in [3.8, 4) is 5.75 Å². The van der Waals surface area contributed by atoms with Crippen molar-refractivity contribution in [1.29, 1.82) is 0 Å². The van der Waals surface area contributed by atoms with Gasteiger partial charge in [0, 0.05) is 43.2 Å². The molecule has 0 radical (unpaired) electrons. The van der Waals surface area contributed by atoms with Crippen molar-refractivity contribution in [2.45, 2.75) is 69.7 Å². The number of aryl methyl sites for hydroxylation is 1. The maximum absolute atomic E-state index is 14.2. The summed E-state index contributed by atoms with van der Waals surface area (Å²) in [6.45, 7) is 9.35. The van der Waals surface area contributed by atoms with Crippen LogP contribution in [0.25, 0.3) is 0 Å². The molecule has 0 spiro atoms. The number of amides is 2. The lowest BCUT2D eigenvalue weighted by atomic mass is 10.1. The standard InChI is InChI=1S/C30H39N3O8S2/c1-20-6-12-25(13-7-20)43(38,39)32-19-23(34)18-26(32)27(35)33(21(2)28(36)41-30(3,4)5)22-8-10-24(11-9-22)40-29(37)31-14-16-42-17-15-31/h6-13,21,23,26,34H,14-19H2,1-5H3/t21-,23?,26-/m0/s1. The summed E-state index contributed by atoms with van der Waals surface area (Å²) in [4.78, 5) is 42.8. The Hall–Kier alpha value is -3.13. The first kappa shape index (κ1) is 32.8. The highest BCUT2D eigenvalue weighted by molar-refractivity contribution is 7.99. The monoisotopic (exact) mass is 633 g/mol. The number of ether oxygens (including phenoxy) is 2. The average Bonchev–Trinajstić information content (AvgIpc) is 3.36. The highest BCUT2D eigenvalue weighted by atomic mass is 32.2. The number of rotatable bonds is 7. The third-order valence-corrected chi connectivity index (χ3v) is 9.94. The summed E-state index contributed by atoms with van der Waals surface area (Å²) in [6, 6.07) is 9.89. The van der Waals surface area contributed by atoms with Gasteiger partial charge in [-0.15, -0.1) is 0 Å². The molecule has 0 aromatic heterocycles. The van der Waals surface area contributed by atoms with E-state index in [0.717, 1.165) is 21.4 Å². The van der Waals surface area contributed by atoms with Gasteiger partial charge in [-0.25, -0.2) is 18.0 Å². The molecule has 2 fully saturated rings. The van der Waals surface area contributed by atoms with Crippen LogP contribution in [0.1, 0.15) is 39.7 Å². The molecular weight excluding hydrogens is 594 g/mol. The summed E-state index contributed by atoms with van der Waals surface area (Å²) < 4.78 is 39.3. The van der Waals surface area contributed by atoms with E-state index < -0.39 is 51.8 Å². The first-order valence-corrected chi connectivity index (χ1v) is 16.7. The zero-order valence-electron chi connectivity index (χ0n) is 25.1. The SMILES string of the molecule is Cc1ccc(S(=O)(=O)N2CC(O)C[C@H]2C(=O)N(c2ccc(OC(=O)N3CCSCC3)cc2)[C@@H](C)C(=O)OC(C)(C)C)cc1. The first-order chi connectivity index (χ1) is 20.2. The number of benzene rings is 2. The van der Waals surface area contributed by atoms with Crippen LogP contribution in [0.15, 0.2) is 53.4 Å². The number of hydrogen-bond acceptors (Lipinski definition) is 9. The predicted molar refractivity (Wildman–Crippen MR) is 164 cm³/mol. The first-order valence-electron chi connectivity index (χ1n) is 14.1. The minimum Gasteiger partial charge on any atom is -0.458 e. The molecule has 1 N–H and O–H groups in total. The molecule has 0 saturated carbocycles. The summed E-state index contributed by atoms with van der Waals surface area (Å²) in [5.41, 5.74) is 0.302. The van der Waals surface area contributed by atoms with Crippen LogP contribution in [-0.2, 0) is 24.3 Å². The fourth-order valence-electron chi connectivity index (χ4n) is 4.90. The van der Waals surface area contributed by atoms with Crippen molar-refractivity contribution in [2.24, 2.45) is 0 Å². The summed E-state index contributed by atoms with van der Waals surface area (Å²) in [5, 5.41) is 10.5. The Kier molecular flexibility index (Phi) is 10.1. The second-order valence-electron chi connectivity index (χ2n) is 11.7. The number of esters is 1. The van der Waals surface area contributed by atoms with Crippen LogP contribution in [0.4, 0.5) is 10.5 Å². The molecule has 1 unspecified atom stereocenters. The molecule has 234 valence electrons. The van der Waals surface area contributed by atoms with Gasteiger partial charge >= 0.3 is 12.1 Å². The van der Waals surface area contributed by atoms with E-state index in [4.69, 9.17) is 9.47 Å². The topological polar surface area (TPSA) is 134 Å². The molecule has 2 amide bonds. The normalized spacial score (nSPS) is 20.4. The van der Waals surface area contributed by atoms with E-state index in [-0.39, 0.29) is 29.3 Å². The summed E-state index contributed by atoms with van der Waals surface area (Å²) in [7, 11) is -4.16. The molecule has 43 heavy (non-hydrogen) atoms. The van der Waals surface area contributed by atoms with Crippen LogP contribution in [0.3, 0.4) is 0 Å². The van der Waals surface area contributed by atoms with E-state index in [0.29, 0.717) is 13.1 Å². The lowest BCUT2D eigenvalue weighted by molar-refractivity contribution is -0.157. The Bertz CT molecular complexity index is 1420. The van der Waals surface area contributed by atoms with Gasteiger partial charge in [-0.2, -0.15) is 16.1 Å². The van der Waals surface area contributed by atoms with Crippen LogP contribution < -0.4 is 9.64 Å². The molecule has 11 nitrogen and oxygen atoms in total. The number of carbonyl (C=O) groups is 3. The van der Waals surface area contributed by atoms with E-state index in [1.54, 1.807) is 49.6 Å². The minimum absolute atomic E-state index is 0.00444. The zero-order valence-corrected chi connectivity index (χ0v) is 26.7.